The van der Waals surface area contributed by atoms with Crippen LogP contribution in [0.4, 0.5) is 8.78 Å². The molecule has 3 heterocycles. The number of nitrogens with zero attached hydrogens (tertiary/aromatic N) is 4. The molecule has 0 N–H and O–H groups in total. The number of benzene rings is 1. The molecule has 0 atom stereocenters. The maximum atomic E-state index is 12.8. The van der Waals surface area contributed by atoms with Gasteiger partial charge in [-0.25, -0.2) is 0 Å². The van der Waals surface area contributed by atoms with Crippen molar-refractivity contribution in [3.8, 4) is 11.4 Å². The zero-order valence-corrected chi connectivity index (χ0v) is 20.2. The summed E-state index contributed by atoms with van der Waals surface area (Å²) in [6, 6.07) is 8.35. The van der Waals surface area contributed by atoms with Gasteiger partial charge in [-0.05, 0) is 70.1 Å². The van der Waals surface area contributed by atoms with Crippen molar-refractivity contribution in [1.29, 1.82) is 0 Å². The summed E-state index contributed by atoms with van der Waals surface area (Å²) >= 11 is 2.95. The molecule has 0 saturated carbocycles. The van der Waals surface area contributed by atoms with Crippen LogP contribution in [-0.2, 0) is 6.54 Å². The van der Waals surface area contributed by atoms with Gasteiger partial charge in [-0.1, -0.05) is 18.2 Å². The second-order valence-electron chi connectivity index (χ2n) is 7.98. The van der Waals surface area contributed by atoms with E-state index in [9.17, 15) is 13.6 Å². The van der Waals surface area contributed by atoms with Crippen LogP contribution < -0.4 is 4.74 Å². The Labute approximate surface area is 200 Å². The highest BCUT2D eigenvalue weighted by molar-refractivity contribution is 7.99. The monoisotopic (exact) mass is 492 g/mol. The molecular formula is C23H26F2N4O2S2. The fourth-order valence-corrected chi connectivity index (χ4v) is 5.76. The molecule has 1 aromatic carbocycles. The Balaban J connectivity index is 1.57. The number of carbonyl (C=O) groups excluding carboxylic acids is 1. The Morgan fingerprint density at radius 1 is 1.15 bits per heavy atom. The number of piperidine rings is 1. The number of aryl methyl sites for hydroxylation is 2. The highest BCUT2D eigenvalue weighted by Gasteiger charge is 2.21. The summed E-state index contributed by atoms with van der Waals surface area (Å²) < 4.78 is 31.5. The van der Waals surface area contributed by atoms with Crippen molar-refractivity contribution < 1.29 is 18.3 Å². The van der Waals surface area contributed by atoms with Crippen LogP contribution in [0.3, 0.4) is 0 Å². The molecule has 0 bridgehead atoms. The van der Waals surface area contributed by atoms with Gasteiger partial charge in [0.15, 0.2) is 16.8 Å². The minimum atomic E-state index is -2.87. The average Bonchev–Trinajstić information content (AvgIpc) is 3.35. The van der Waals surface area contributed by atoms with Gasteiger partial charge < -0.3 is 4.74 Å². The molecule has 1 saturated heterocycles. The number of thioether (sulfide) groups is 1. The first-order valence-corrected chi connectivity index (χ1v) is 12.7. The molecule has 0 spiro atoms. The van der Waals surface area contributed by atoms with E-state index in [4.69, 9.17) is 0 Å². The number of likely N-dealkylation sites (tertiary alicyclic amines) is 1. The van der Waals surface area contributed by atoms with Crippen LogP contribution in [0, 0.1) is 13.8 Å². The van der Waals surface area contributed by atoms with Crippen molar-refractivity contribution in [2.45, 2.75) is 51.4 Å². The quantitative estimate of drug-likeness (QED) is 0.290. The van der Waals surface area contributed by atoms with Gasteiger partial charge in [0.2, 0.25) is 0 Å². The zero-order chi connectivity index (χ0) is 23.4. The maximum absolute atomic E-state index is 12.8. The molecule has 0 unspecified atom stereocenters. The molecule has 0 aliphatic carbocycles. The van der Waals surface area contributed by atoms with E-state index < -0.39 is 6.61 Å². The van der Waals surface area contributed by atoms with E-state index >= 15 is 0 Å². The standard InChI is InChI=1S/C23H26F2N4O2S2/c1-15-12-19(16(2)33-15)20(30)14-32-23-27-26-21(13-28-10-4-3-5-11-28)29(23)17-6-8-18(9-7-17)31-22(24)25/h6-9,12,22H,3-5,10-11,13-14H2,1-2H3. The molecule has 1 fully saturated rings. The second-order valence-corrected chi connectivity index (χ2v) is 10.4. The number of hydrogen-bond donors (Lipinski definition) is 0. The van der Waals surface area contributed by atoms with E-state index in [0.717, 1.165) is 52.8 Å². The third-order valence-corrected chi connectivity index (χ3v) is 7.40. The predicted molar refractivity (Wildman–Crippen MR) is 126 cm³/mol. The number of carbonyl (C=O) groups is 1. The summed E-state index contributed by atoms with van der Waals surface area (Å²) in [6.45, 7) is 3.73. The topological polar surface area (TPSA) is 60.2 Å². The molecule has 0 amide bonds. The highest BCUT2D eigenvalue weighted by Crippen LogP contribution is 2.28. The minimum Gasteiger partial charge on any atom is -0.435 e. The number of ether oxygens (including phenoxy) is 1. The number of halogens is 2. The third kappa shape index (κ3) is 5.99. The van der Waals surface area contributed by atoms with E-state index in [1.54, 1.807) is 23.5 Å². The van der Waals surface area contributed by atoms with E-state index in [1.807, 2.05) is 24.5 Å². The van der Waals surface area contributed by atoms with Gasteiger partial charge in [0.25, 0.3) is 0 Å². The van der Waals surface area contributed by atoms with Gasteiger partial charge in [0.1, 0.15) is 5.75 Å². The Morgan fingerprint density at radius 2 is 1.88 bits per heavy atom. The van der Waals surface area contributed by atoms with Crippen molar-refractivity contribution in [2.75, 3.05) is 18.8 Å². The van der Waals surface area contributed by atoms with Crippen molar-refractivity contribution >= 4 is 28.9 Å². The largest absolute Gasteiger partial charge is 0.435 e. The number of ketones is 1. The van der Waals surface area contributed by atoms with Gasteiger partial charge in [-0.3, -0.25) is 14.3 Å². The smallest absolute Gasteiger partial charge is 0.387 e. The number of thiophene rings is 1. The lowest BCUT2D eigenvalue weighted by atomic mass is 10.1. The van der Waals surface area contributed by atoms with Gasteiger partial charge in [-0.15, -0.1) is 21.5 Å². The second kappa shape index (κ2) is 10.8. The van der Waals surface area contributed by atoms with E-state index in [2.05, 4.69) is 19.8 Å². The molecule has 1 aliphatic heterocycles. The summed E-state index contributed by atoms with van der Waals surface area (Å²) in [7, 11) is 0. The van der Waals surface area contributed by atoms with Gasteiger partial charge in [0, 0.05) is 21.0 Å². The van der Waals surface area contributed by atoms with Crippen molar-refractivity contribution in [1.82, 2.24) is 19.7 Å². The van der Waals surface area contributed by atoms with Crippen LogP contribution >= 0.6 is 23.1 Å². The summed E-state index contributed by atoms with van der Waals surface area (Å²) in [5.41, 5.74) is 1.49. The lowest BCUT2D eigenvalue weighted by Gasteiger charge is -2.26. The number of Topliss-reactive ketones (excluding diaryl/α,β-unsaturated/α-hetero) is 1. The number of rotatable bonds is 9. The third-order valence-electron chi connectivity index (χ3n) is 5.51. The van der Waals surface area contributed by atoms with Crippen LogP contribution in [0.25, 0.3) is 5.69 Å². The van der Waals surface area contributed by atoms with Gasteiger partial charge in [-0.2, -0.15) is 8.78 Å². The molecule has 1 aliphatic rings. The summed E-state index contributed by atoms with van der Waals surface area (Å²) in [4.78, 5) is 17.3. The normalized spacial score (nSPS) is 14.7. The van der Waals surface area contributed by atoms with E-state index in [-0.39, 0.29) is 17.3 Å². The summed E-state index contributed by atoms with van der Waals surface area (Å²) in [5, 5.41) is 9.39. The SMILES string of the molecule is Cc1cc(C(=O)CSc2nnc(CN3CCCCC3)n2-c2ccc(OC(F)F)cc2)c(C)s1. The molecular weight excluding hydrogens is 466 g/mol. The first kappa shape index (κ1) is 23.8. The molecule has 3 aromatic rings. The van der Waals surface area contributed by atoms with Crippen LogP contribution in [0.2, 0.25) is 0 Å². The number of hydrogen-bond acceptors (Lipinski definition) is 7. The lowest BCUT2D eigenvalue weighted by molar-refractivity contribution is -0.0498. The van der Waals surface area contributed by atoms with Gasteiger partial charge >= 0.3 is 6.61 Å². The first-order chi connectivity index (χ1) is 15.9. The molecule has 6 nitrogen and oxygen atoms in total. The van der Waals surface area contributed by atoms with Crippen LogP contribution in [0.5, 0.6) is 5.75 Å². The molecule has 2 aromatic heterocycles. The fourth-order valence-electron chi connectivity index (χ4n) is 3.97. The summed E-state index contributed by atoms with van der Waals surface area (Å²) in [6.07, 6.45) is 3.55. The van der Waals surface area contributed by atoms with Crippen LogP contribution in [0.1, 0.15) is 45.2 Å². The lowest BCUT2D eigenvalue weighted by Crippen LogP contribution is -2.30. The molecule has 4 rings (SSSR count). The van der Waals surface area contributed by atoms with E-state index in [1.165, 1.54) is 30.3 Å². The van der Waals surface area contributed by atoms with Crippen molar-refractivity contribution in [3.63, 3.8) is 0 Å². The average molecular weight is 493 g/mol. The zero-order valence-electron chi connectivity index (χ0n) is 18.6. The highest BCUT2D eigenvalue weighted by atomic mass is 32.2. The Bertz CT molecular complexity index is 1090. The fraction of sp³-hybridized carbons (Fsp3) is 0.435. The predicted octanol–water partition coefficient (Wildman–Crippen LogP) is 5.51. The maximum Gasteiger partial charge on any atom is 0.387 e. The van der Waals surface area contributed by atoms with Crippen molar-refractivity contribution in [2.24, 2.45) is 0 Å². The van der Waals surface area contributed by atoms with E-state index in [0.29, 0.717) is 11.7 Å². The number of alkyl halides is 2. The van der Waals surface area contributed by atoms with Crippen LogP contribution in [0.15, 0.2) is 35.5 Å². The molecule has 176 valence electrons. The Hall–Kier alpha value is -2.30. The number of aromatic nitrogens is 3. The minimum absolute atomic E-state index is 0.0506. The molecule has 0 radical (unpaired) electrons. The van der Waals surface area contributed by atoms with Gasteiger partial charge in [0.05, 0.1) is 12.3 Å². The van der Waals surface area contributed by atoms with Crippen molar-refractivity contribution in [3.05, 3.63) is 51.5 Å². The Kier molecular flexibility index (Phi) is 7.77. The summed E-state index contributed by atoms with van der Waals surface area (Å²) in [5.74, 6) is 1.14. The Morgan fingerprint density at radius 3 is 2.52 bits per heavy atom. The molecule has 33 heavy (non-hydrogen) atoms. The first-order valence-electron chi connectivity index (χ1n) is 10.9. The van der Waals surface area contributed by atoms with Crippen LogP contribution in [-0.4, -0.2) is 50.9 Å². The molecule has 10 heteroatoms.